The van der Waals surface area contributed by atoms with Gasteiger partial charge in [-0.2, -0.15) is 0 Å². The molecule has 2 aromatic carbocycles. The zero-order valence-electron chi connectivity index (χ0n) is 10.5. The third kappa shape index (κ3) is 3.82. The van der Waals surface area contributed by atoms with Crippen LogP contribution in [0, 0.1) is 0 Å². The van der Waals surface area contributed by atoms with Gasteiger partial charge in [-0.15, -0.1) is 11.8 Å². The maximum Gasteiger partial charge on any atom is 0.185 e. The molecule has 3 heteroatoms. The lowest BCUT2D eigenvalue weighted by Crippen LogP contribution is -1.93. The second-order valence-electron chi connectivity index (χ2n) is 3.95. The van der Waals surface area contributed by atoms with E-state index >= 15 is 0 Å². The number of rotatable bonds is 4. The summed E-state index contributed by atoms with van der Waals surface area (Å²) in [5, 5.41) is 0. The summed E-state index contributed by atoms with van der Waals surface area (Å²) in [5.41, 5.74) is 1.71. The Kier molecular flexibility index (Phi) is 5.00. The molecule has 0 bridgehead atoms. The van der Waals surface area contributed by atoms with Crippen molar-refractivity contribution in [3.05, 3.63) is 70.2 Å². The third-order valence-electron chi connectivity index (χ3n) is 2.69. The number of benzene rings is 2. The molecule has 0 aromatic heterocycles. The van der Waals surface area contributed by atoms with Gasteiger partial charge >= 0.3 is 0 Å². The highest BCUT2D eigenvalue weighted by atomic mass is 79.9. The average molecular weight is 333 g/mol. The number of hydrogen-bond donors (Lipinski definition) is 0. The van der Waals surface area contributed by atoms with Gasteiger partial charge in [0.05, 0.1) is 0 Å². The van der Waals surface area contributed by atoms with Crippen LogP contribution in [0.5, 0.6) is 0 Å². The highest BCUT2D eigenvalue weighted by Gasteiger charge is 2.02. The molecule has 0 saturated carbocycles. The zero-order valence-corrected chi connectivity index (χ0v) is 12.9. The molecule has 0 spiro atoms. The van der Waals surface area contributed by atoms with Crippen molar-refractivity contribution in [1.82, 2.24) is 0 Å². The molecule has 0 N–H and O–H groups in total. The van der Waals surface area contributed by atoms with E-state index in [1.54, 1.807) is 17.8 Å². The van der Waals surface area contributed by atoms with Gasteiger partial charge in [-0.1, -0.05) is 34.1 Å². The standard InChI is InChI=1S/C16H13BrOS/c1-19-14-9-6-13(7-10-14)16(18)11-8-12-4-2-3-5-15(12)17/h2-11H,1H3. The van der Waals surface area contributed by atoms with Crippen LogP contribution in [0.25, 0.3) is 6.08 Å². The fourth-order valence-corrected chi connectivity index (χ4v) is 2.45. The normalized spacial score (nSPS) is 10.8. The van der Waals surface area contributed by atoms with Crippen molar-refractivity contribution in [2.75, 3.05) is 6.26 Å². The minimum absolute atomic E-state index is 0.0170. The predicted molar refractivity (Wildman–Crippen MR) is 85.7 cm³/mol. The topological polar surface area (TPSA) is 17.1 Å². The van der Waals surface area contributed by atoms with Gasteiger partial charge in [-0.3, -0.25) is 4.79 Å². The van der Waals surface area contributed by atoms with Gasteiger partial charge in [0.1, 0.15) is 0 Å². The second-order valence-corrected chi connectivity index (χ2v) is 5.68. The van der Waals surface area contributed by atoms with Gasteiger partial charge in [0.15, 0.2) is 5.78 Å². The summed E-state index contributed by atoms with van der Waals surface area (Å²) in [6.45, 7) is 0. The van der Waals surface area contributed by atoms with E-state index in [2.05, 4.69) is 15.9 Å². The number of ketones is 1. The fourth-order valence-electron chi connectivity index (χ4n) is 1.63. The lowest BCUT2D eigenvalue weighted by Gasteiger charge is -1.99. The molecule has 0 saturated heterocycles. The average Bonchev–Trinajstić information content (AvgIpc) is 2.46. The Morgan fingerprint density at radius 2 is 1.79 bits per heavy atom. The summed E-state index contributed by atoms with van der Waals surface area (Å²) in [4.78, 5) is 13.2. The molecule has 0 radical (unpaired) electrons. The fraction of sp³-hybridized carbons (Fsp3) is 0.0625. The number of thioether (sulfide) groups is 1. The van der Waals surface area contributed by atoms with E-state index in [0.29, 0.717) is 5.56 Å². The van der Waals surface area contributed by atoms with E-state index in [4.69, 9.17) is 0 Å². The summed E-state index contributed by atoms with van der Waals surface area (Å²) < 4.78 is 0.983. The van der Waals surface area contributed by atoms with Crippen LogP contribution < -0.4 is 0 Å². The molecular weight excluding hydrogens is 320 g/mol. The van der Waals surface area contributed by atoms with Gasteiger partial charge in [-0.05, 0) is 54.3 Å². The van der Waals surface area contributed by atoms with Crippen molar-refractivity contribution in [2.45, 2.75) is 4.90 Å². The first-order chi connectivity index (χ1) is 9.20. The number of carbonyl (C=O) groups excluding carboxylic acids is 1. The predicted octanol–water partition coefficient (Wildman–Crippen LogP) is 5.07. The molecule has 0 atom stereocenters. The van der Waals surface area contributed by atoms with Crippen LogP contribution in [0.15, 0.2) is 64.0 Å². The Morgan fingerprint density at radius 3 is 2.42 bits per heavy atom. The molecule has 0 amide bonds. The molecule has 0 unspecified atom stereocenters. The van der Waals surface area contributed by atoms with Crippen LogP contribution in [0.1, 0.15) is 15.9 Å². The third-order valence-corrected chi connectivity index (χ3v) is 4.16. The Labute approximate surface area is 125 Å². The number of hydrogen-bond acceptors (Lipinski definition) is 2. The van der Waals surface area contributed by atoms with Crippen molar-refractivity contribution in [3.63, 3.8) is 0 Å². The van der Waals surface area contributed by atoms with E-state index in [1.807, 2.05) is 60.9 Å². The minimum Gasteiger partial charge on any atom is -0.289 e. The summed E-state index contributed by atoms with van der Waals surface area (Å²) in [6, 6.07) is 15.5. The maximum atomic E-state index is 12.0. The first-order valence-corrected chi connectivity index (χ1v) is 7.83. The number of carbonyl (C=O) groups is 1. The highest BCUT2D eigenvalue weighted by molar-refractivity contribution is 9.10. The molecule has 0 aliphatic heterocycles. The molecule has 0 aliphatic rings. The second kappa shape index (κ2) is 6.73. The van der Waals surface area contributed by atoms with Crippen molar-refractivity contribution in [1.29, 1.82) is 0 Å². The lowest BCUT2D eigenvalue weighted by molar-refractivity contribution is 0.104. The van der Waals surface area contributed by atoms with Crippen LogP contribution in [0.2, 0.25) is 0 Å². The van der Waals surface area contributed by atoms with E-state index < -0.39 is 0 Å². The van der Waals surface area contributed by atoms with Gasteiger partial charge in [0.2, 0.25) is 0 Å². The Balaban J connectivity index is 2.14. The maximum absolute atomic E-state index is 12.0. The van der Waals surface area contributed by atoms with E-state index in [1.165, 1.54) is 0 Å². The molecule has 2 rings (SSSR count). The van der Waals surface area contributed by atoms with Crippen LogP contribution in [-0.4, -0.2) is 12.0 Å². The first kappa shape index (κ1) is 14.1. The number of allylic oxidation sites excluding steroid dienone is 1. The van der Waals surface area contributed by atoms with Crippen molar-refractivity contribution >= 4 is 39.6 Å². The molecule has 0 fully saturated rings. The van der Waals surface area contributed by atoms with Crippen LogP contribution in [-0.2, 0) is 0 Å². The Morgan fingerprint density at radius 1 is 1.11 bits per heavy atom. The minimum atomic E-state index is 0.0170. The van der Waals surface area contributed by atoms with Crippen LogP contribution in [0.3, 0.4) is 0 Å². The molecule has 0 heterocycles. The molecule has 1 nitrogen and oxygen atoms in total. The first-order valence-electron chi connectivity index (χ1n) is 5.81. The van der Waals surface area contributed by atoms with Crippen LogP contribution >= 0.6 is 27.7 Å². The highest BCUT2D eigenvalue weighted by Crippen LogP contribution is 2.18. The SMILES string of the molecule is CSc1ccc(C(=O)C=Cc2ccccc2Br)cc1. The van der Waals surface area contributed by atoms with E-state index in [9.17, 15) is 4.79 Å². The molecule has 96 valence electrons. The zero-order chi connectivity index (χ0) is 13.7. The Hall–Kier alpha value is -1.32. The quantitative estimate of drug-likeness (QED) is 0.442. The largest absolute Gasteiger partial charge is 0.289 e. The molecule has 0 aliphatic carbocycles. The summed E-state index contributed by atoms with van der Waals surface area (Å²) >= 11 is 5.12. The molecule has 19 heavy (non-hydrogen) atoms. The molecular formula is C16H13BrOS. The summed E-state index contributed by atoms with van der Waals surface area (Å²) in [5.74, 6) is 0.0170. The van der Waals surface area contributed by atoms with E-state index in [0.717, 1.165) is 14.9 Å². The lowest BCUT2D eigenvalue weighted by atomic mass is 10.1. The Bertz CT molecular complexity index is 602. The van der Waals surface area contributed by atoms with Crippen molar-refractivity contribution < 1.29 is 4.79 Å². The summed E-state index contributed by atoms with van der Waals surface area (Å²) in [7, 11) is 0. The monoisotopic (exact) mass is 332 g/mol. The van der Waals surface area contributed by atoms with Gasteiger partial charge in [-0.25, -0.2) is 0 Å². The van der Waals surface area contributed by atoms with E-state index in [-0.39, 0.29) is 5.78 Å². The van der Waals surface area contributed by atoms with Crippen molar-refractivity contribution in [2.24, 2.45) is 0 Å². The van der Waals surface area contributed by atoms with Gasteiger partial charge in [0, 0.05) is 14.9 Å². The van der Waals surface area contributed by atoms with Crippen LogP contribution in [0.4, 0.5) is 0 Å². The number of halogens is 1. The van der Waals surface area contributed by atoms with Gasteiger partial charge in [0.25, 0.3) is 0 Å². The molecule has 2 aromatic rings. The van der Waals surface area contributed by atoms with Crippen molar-refractivity contribution in [3.8, 4) is 0 Å². The summed E-state index contributed by atoms with van der Waals surface area (Å²) in [6.07, 6.45) is 5.45. The smallest absolute Gasteiger partial charge is 0.185 e. The van der Waals surface area contributed by atoms with Gasteiger partial charge < -0.3 is 0 Å².